The van der Waals surface area contributed by atoms with Crippen molar-refractivity contribution in [3.63, 3.8) is 0 Å². The smallest absolute Gasteiger partial charge is 0.0630 e. The van der Waals surface area contributed by atoms with Gasteiger partial charge in [-0.3, -0.25) is 5.84 Å². The van der Waals surface area contributed by atoms with E-state index in [1.165, 1.54) is 11.1 Å². The normalized spacial score (nSPS) is 9.82. The van der Waals surface area contributed by atoms with Gasteiger partial charge in [-0.1, -0.05) is 0 Å². The highest BCUT2D eigenvalue weighted by Gasteiger charge is 1.99. The molecule has 1 aromatic rings. The first-order valence-electron chi connectivity index (χ1n) is 3.38. The zero-order chi connectivity index (χ0) is 8.43. The Kier molecular flexibility index (Phi) is 2.52. The van der Waals surface area contributed by atoms with Crippen LogP contribution in [0.3, 0.4) is 0 Å². The summed E-state index contributed by atoms with van der Waals surface area (Å²) in [5.74, 6) is 5.29. The lowest BCUT2D eigenvalue weighted by molar-refractivity contribution is 1.28. The highest BCUT2D eigenvalue weighted by Crippen LogP contribution is 2.24. The topological polar surface area (TPSA) is 38.0 Å². The molecule has 0 heterocycles. The van der Waals surface area contributed by atoms with E-state index in [-0.39, 0.29) is 0 Å². The first-order valence-corrected chi connectivity index (χ1v) is 4.18. The van der Waals surface area contributed by atoms with Crippen LogP contribution in [0.5, 0.6) is 0 Å². The molecule has 0 amide bonds. The summed E-state index contributed by atoms with van der Waals surface area (Å²) in [7, 11) is 0. The average molecular weight is 215 g/mol. The van der Waals surface area contributed by atoms with Gasteiger partial charge < -0.3 is 5.43 Å². The van der Waals surface area contributed by atoms with E-state index >= 15 is 0 Å². The minimum Gasteiger partial charge on any atom is -0.323 e. The lowest BCUT2D eigenvalue weighted by Crippen LogP contribution is -2.07. The molecule has 0 radical (unpaired) electrons. The molecule has 0 unspecified atom stereocenters. The lowest BCUT2D eigenvalue weighted by Gasteiger charge is -2.06. The molecule has 11 heavy (non-hydrogen) atoms. The Morgan fingerprint density at radius 1 is 1.27 bits per heavy atom. The van der Waals surface area contributed by atoms with Gasteiger partial charge in [-0.05, 0) is 53.0 Å². The Morgan fingerprint density at radius 2 is 1.82 bits per heavy atom. The number of benzene rings is 1. The van der Waals surface area contributed by atoms with Gasteiger partial charge in [0.05, 0.1) is 5.69 Å². The van der Waals surface area contributed by atoms with E-state index < -0.39 is 0 Å². The third-order valence-electron chi connectivity index (χ3n) is 1.74. The number of nitrogens with two attached hydrogens (primary N) is 1. The molecular formula is C8H11BrN2. The van der Waals surface area contributed by atoms with Gasteiger partial charge in [0.2, 0.25) is 0 Å². The molecule has 0 aromatic heterocycles. The van der Waals surface area contributed by atoms with Crippen molar-refractivity contribution in [3.8, 4) is 0 Å². The molecule has 2 nitrogen and oxygen atoms in total. The van der Waals surface area contributed by atoms with Crippen LogP contribution >= 0.6 is 15.9 Å². The van der Waals surface area contributed by atoms with Crippen LogP contribution in [0.15, 0.2) is 16.6 Å². The summed E-state index contributed by atoms with van der Waals surface area (Å²) in [6.45, 7) is 4.13. The van der Waals surface area contributed by atoms with Crippen molar-refractivity contribution in [1.29, 1.82) is 0 Å². The standard InChI is InChI=1S/C8H11BrN2/c1-5-3-7(9)8(11-10)4-6(5)2/h3-4,11H,10H2,1-2H3. The van der Waals surface area contributed by atoms with Crippen LogP contribution in [-0.2, 0) is 0 Å². The second-order valence-corrected chi connectivity index (χ2v) is 3.41. The predicted octanol–water partition coefficient (Wildman–Crippen LogP) is 2.35. The van der Waals surface area contributed by atoms with E-state index in [1.54, 1.807) is 0 Å². The minimum atomic E-state index is 0.924. The average Bonchev–Trinajstić information content (AvgIpc) is 1.97. The number of anilines is 1. The monoisotopic (exact) mass is 214 g/mol. The van der Waals surface area contributed by atoms with Gasteiger partial charge in [0.1, 0.15) is 0 Å². The SMILES string of the molecule is Cc1cc(Br)c(NN)cc1C. The molecular weight excluding hydrogens is 204 g/mol. The van der Waals surface area contributed by atoms with Crippen molar-refractivity contribution in [2.24, 2.45) is 5.84 Å². The van der Waals surface area contributed by atoms with Gasteiger partial charge in [-0.15, -0.1) is 0 Å². The van der Waals surface area contributed by atoms with E-state index in [9.17, 15) is 0 Å². The first-order chi connectivity index (χ1) is 5.15. The Labute approximate surface area is 74.9 Å². The summed E-state index contributed by atoms with van der Waals surface area (Å²) in [6.07, 6.45) is 0. The number of hydrogen-bond donors (Lipinski definition) is 2. The van der Waals surface area contributed by atoms with Crippen molar-refractivity contribution in [3.05, 3.63) is 27.7 Å². The molecule has 1 rings (SSSR count). The van der Waals surface area contributed by atoms with Crippen LogP contribution in [0.25, 0.3) is 0 Å². The minimum absolute atomic E-state index is 0.924. The van der Waals surface area contributed by atoms with Crippen molar-refractivity contribution < 1.29 is 0 Å². The van der Waals surface area contributed by atoms with Crippen molar-refractivity contribution in [2.45, 2.75) is 13.8 Å². The van der Waals surface area contributed by atoms with Crippen molar-refractivity contribution >= 4 is 21.6 Å². The zero-order valence-corrected chi connectivity index (χ0v) is 8.20. The number of aryl methyl sites for hydroxylation is 2. The van der Waals surface area contributed by atoms with E-state index in [0.717, 1.165) is 10.2 Å². The largest absolute Gasteiger partial charge is 0.323 e. The maximum atomic E-state index is 5.29. The summed E-state index contributed by atoms with van der Waals surface area (Å²) in [6, 6.07) is 4.06. The summed E-state index contributed by atoms with van der Waals surface area (Å²) in [4.78, 5) is 0. The van der Waals surface area contributed by atoms with E-state index in [2.05, 4.69) is 35.2 Å². The first kappa shape index (κ1) is 8.56. The second-order valence-electron chi connectivity index (χ2n) is 2.56. The second kappa shape index (κ2) is 3.24. The van der Waals surface area contributed by atoms with Crippen molar-refractivity contribution in [2.75, 3.05) is 5.43 Å². The van der Waals surface area contributed by atoms with Crippen LogP contribution in [-0.4, -0.2) is 0 Å². The Morgan fingerprint density at radius 3 is 2.36 bits per heavy atom. The molecule has 0 aliphatic carbocycles. The number of nitrogens with one attached hydrogen (secondary N) is 1. The molecule has 0 fully saturated rings. The van der Waals surface area contributed by atoms with E-state index in [0.29, 0.717) is 0 Å². The molecule has 0 aliphatic heterocycles. The zero-order valence-electron chi connectivity index (χ0n) is 6.61. The predicted molar refractivity (Wildman–Crippen MR) is 51.4 cm³/mol. The number of hydrazine groups is 1. The summed E-state index contributed by atoms with van der Waals surface area (Å²) < 4.78 is 1.00. The molecule has 60 valence electrons. The Bertz CT molecular complexity index is 271. The fourth-order valence-corrected chi connectivity index (χ4v) is 1.46. The third-order valence-corrected chi connectivity index (χ3v) is 2.39. The molecule has 0 aliphatic rings. The highest BCUT2D eigenvalue weighted by molar-refractivity contribution is 9.10. The molecule has 0 saturated heterocycles. The van der Waals surface area contributed by atoms with E-state index in [1.807, 2.05) is 12.1 Å². The Balaban J connectivity index is 3.21. The van der Waals surface area contributed by atoms with Gasteiger partial charge in [0.15, 0.2) is 0 Å². The molecule has 0 atom stereocenters. The van der Waals surface area contributed by atoms with Crippen LogP contribution in [0.2, 0.25) is 0 Å². The van der Waals surface area contributed by atoms with Gasteiger partial charge >= 0.3 is 0 Å². The third kappa shape index (κ3) is 1.73. The summed E-state index contributed by atoms with van der Waals surface area (Å²) in [5.41, 5.74) is 6.04. The fraction of sp³-hybridized carbons (Fsp3) is 0.250. The van der Waals surface area contributed by atoms with Crippen LogP contribution < -0.4 is 11.3 Å². The maximum Gasteiger partial charge on any atom is 0.0630 e. The number of nitrogen functional groups attached to an aromatic ring is 1. The molecule has 0 bridgehead atoms. The van der Waals surface area contributed by atoms with Gasteiger partial charge in [-0.25, -0.2) is 0 Å². The molecule has 3 heteroatoms. The molecule has 0 saturated carbocycles. The molecule has 0 spiro atoms. The summed E-state index contributed by atoms with van der Waals surface area (Å²) >= 11 is 3.40. The van der Waals surface area contributed by atoms with Crippen LogP contribution in [0.4, 0.5) is 5.69 Å². The quantitative estimate of drug-likeness (QED) is 0.557. The number of halogens is 1. The highest BCUT2D eigenvalue weighted by atomic mass is 79.9. The van der Waals surface area contributed by atoms with Crippen molar-refractivity contribution in [1.82, 2.24) is 0 Å². The van der Waals surface area contributed by atoms with E-state index in [4.69, 9.17) is 5.84 Å². The molecule has 1 aromatic carbocycles. The number of hydrogen-bond acceptors (Lipinski definition) is 2. The van der Waals surface area contributed by atoms with Gasteiger partial charge in [0, 0.05) is 4.47 Å². The van der Waals surface area contributed by atoms with Gasteiger partial charge in [0.25, 0.3) is 0 Å². The maximum absolute atomic E-state index is 5.29. The fourth-order valence-electron chi connectivity index (χ4n) is 0.892. The summed E-state index contributed by atoms with van der Waals surface area (Å²) in [5, 5.41) is 0. The van der Waals surface area contributed by atoms with Crippen LogP contribution in [0.1, 0.15) is 11.1 Å². The van der Waals surface area contributed by atoms with Gasteiger partial charge in [-0.2, -0.15) is 0 Å². The van der Waals surface area contributed by atoms with Crippen LogP contribution in [0, 0.1) is 13.8 Å². The Hall–Kier alpha value is -0.540. The lowest BCUT2D eigenvalue weighted by atomic mass is 10.1. The molecule has 3 N–H and O–H groups in total. The number of rotatable bonds is 1.